The van der Waals surface area contributed by atoms with Gasteiger partial charge in [0.25, 0.3) is 0 Å². The summed E-state index contributed by atoms with van der Waals surface area (Å²) in [6.07, 6.45) is 0.752. The zero-order chi connectivity index (χ0) is 14.5. The molecule has 0 radical (unpaired) electrons. The monoisotopic (exact) mass is 292 g/mol. The number of carboxylic acid groups (broad SMARTS) is 1. The van der Waals surface area contributed by atoms with Crippen molar-refractivity contribution in [1.82, 2.24) is 10.2 Å². The second-order valence-electron chi connectivity index (χ2n) is 3.82. The minimum Gasteiger partial charge on any atom is -0.478 e. The first-order chi connectivity index (χ1) is 9.58. The number of nitrogens with zero attached hydrogens (tertiary/aromatic N) is 2. The second-order valence-corrected chi connectivity index (χ2v) is 4.88. The SMILES string of the molecule is CCc1nnc(NC(=O)Nc2cccc(C(=O)O)c2)s1. The fourth-order valence-electron chi connectivity index (χ4n) is 1.44. The Morgan fingerprint density at radius 1 is 1.30 bits per heavy atom. The third kappa shape index (κ3) is 3.51. The van der Waals surface area contributed by atoms with Crippen molar-refractivity contribution in [1.29, 1.82) is 0 Å². The molecule has 1 aromatic carbocycles. The first kappa shape index (κ1) is 13.9. The van der Waals surface area contributed by atoms with Gasteiger partial charge in [0.1, 0.15) is 5.01 Å². The largest absolute Gasteiger partial charge is 0.478 e. The molecular weight excluding hydrogens is 280 g/mol. The maximum atomic E-state index is 11.7. The summed E-state index contributed by atoms with van der Waals surface area (Å²) < 4.78 is 0. The molecular formula is C12H12N4O3S. The fourth-order valence-corrected chi connectivity index (χ4v) is 2.11. The number of hydrogen-bond acceptors (Lipinski definition) is 5. The highest BCUT2D eigenvalue weighted by molar-refractivity contribution is 7.15. The van der Waals surface area contributed by atoms with Crippen LogP contribution in [0.3, 0.4) is 0 Å². The Bertz CT molecular complexity index is 641. The first-order valence-corrected chi connectivity index (χ1v) is 6.64. The van der Waals surface area contributed by atoms with E-state index in [2.05, 4.69) is 20.8 Å². The molecule has 3 N–H and O–H groups in total. The summed E-state index contributed by atoms with van der Waals surface area (Å²) in [6, 6.07) is 5.48. The number of carboxylic acids is 1. The molecule has 0 aliphatic heterocycles. The van der Waals surface area contributed by atoms with Crippen LogP contribution in [-0.2, 0) is 6.42 Å². The maximum Gasteiger partial charge on any atom is 0.335 e. The van der Waals surface area contributed by atoms with Gasteiger partial charge in [-0.1, -0.05) is 24.3 Å². The van der Waals surface area contributed by atoms with Crippen molar-refractivity contribution in [2.45, 2.75) is 13.3 Å². The third-order valence-electron chi connectivity index (χ3n) is 2.36. The molecule has 0 unspecified atom stereocenters. The zero-order valence-corrected chi connectivity index (χ0v) is 11.4. The molecule has 20 heavy (non-hydrogen) atoms. The Labute approximate surface area is 118 Å². The number of rotatable bonds is 4. The summed E-state index contributed by atoms with van der Waals surface area (Å²) in [7, 11) is 0. The number of benzene rings is 1. The van der Waals surface area contributed by atoms with Crippen LogP contribution < -0.4 is 10.6 Å². The Hall–Kier alpha value is -2.48. The molecule has 0 saturated carbocycles. The van der Waals surface area contributed by atoms with Crippen molar-refractivity contribution in [2.75, 3.05) is 10.6 Å². The van der Waals surface area contributed by atoms with E-state index in [0.29, 0.717) is 10.8 Å². The molecule has 0 atom stereocenters. The fraction of sp³-hybridized carbons (Fsp3) is 0.167. The number of anilines is 2. The molecule has 104 valence electrons. The van der Waals surface area contributed by atoms with Gasteiger partial charge in [0, 0.05) is 5.69 Å². The summed E-state index contributed by atoms with van der Waals surface area (Å²) in [5.41, 5.74) is 0.495. The first-order valence-electron chi connectivity index (χ1n) is 5.82. The lowest BCUT2D eigenvalue weighted by molar-refractivity contribution is 0.0697. The lowest BCUT2D eigenvalue weighted by Crippen LogP contribution is -2.19. The van der Waals surface area contributed by atoms with E-state index in [1.807, 2.05) is 6.92 Å². The Kier molecular flexibility index (Phi) is 4.26. The number of urea groups is 1. The van der Waals surface area contributed by atoms with Crippen molar-refractivity contribution in [2.24, 2.45) is 0 Å². The highest BCUT2D eigenvalue weighted by Crippen LogP contribution is 2.16. The van der Waals surface area contributed by atoms with Crippen LogP contribution in [0.4, 0.5) is 15.6 Å². The van der Waals surface area contributed by atoms with Crippen LogP contribution in [0.25, 0.3) is 0 Å². The summed E-state index contributed by atoms with van der Waals surface area (Å²) in [4.78, 5) is 22.6. The lowest BCUT2D eigenvalue weighted by Gasteiger charge is -2.05. The number of amides is 2. The average molecular weight is 292 g/mol. The number of carbonyl (C=O) groups is 2. The van der Waals surface area contributed by atoms with E-state index in [-0.39, 0.29) is 5.56 Å². The highest BCUT2D eigenvalue weighted by Gasteiger charge is 2.09. The van der Waals surface area contributed by atoms with E-state index >= 15 is 0 Å². The van der Waals surface area contributed by atoms with Gasteiger partial charge in [-0.3, -0.25) is 5.32 Å². The summed E-state index contributed by atoms with van der Waals surface area (Å²) in [5, 5.41) is 22.9. The molecule has 0 spiro atoms. The summed E-state index contributed by atoms with van der Waals surface area (Å²) >= 11 is 1.29. The Balaban J connectivity index is 2.00. The van der Waals surface area contributed by atoms with Gasteiger partial charge in [0.05, 0.1) is 5.56 Å². The van der Waals surface area contributed by atoms with Gasteiger partial charge in [-0.15, -0.1) is 10.2 Å². The number of aryl methyl sites for hydroxylation is 1. The van der Waals surface area contributed by atoms with Gasteiger partial charge in [0.2, 0.25) is 5.13 Å². The molecule has 2 amide bonds. The number of hydrogen-bond donors (Lipinski definition) is 3. The van der Waals surface area contributed by atoms with Gasteiger partial charge in [-0.2, -0.15) is 0 Å². The third-order valence-corrected chi connectivity index (χ3v) is 3.34. The van der Waals surface area contributed by atoms with Crippen LogP contribution in [0.5, 0.6) is 0 Å². The summed E-state index contributed by atoms with van der Waals surface area (Å²) in [6.45, 7) is 1.95. The van der Waals surface area contributed by atoms with Crippen LogP contribution in [0.2, 0.25) is 0 Å². The maximum absolute atomic E-state index is 11.7. The standard InChI is InChI=1S/C12H12N4O3S/c1-2-9-15-16-12(20-9)14-11(19)13-8-5-3-4-7(6-8)10(17)18/h3-6H,2H2,1H3,(H,17,18)(H2,13,14,16,19). The topological polar surface area (TPSA) is 104 Å². The molecule has 0 bridgehead atoms. The minimum absolute atomic E-state index is 0.104. The molecule has 0 saturated heterocycles. The van der Waals surface area contributed by atoms with E-state index in [1.165, 1.54) is 23.5 Å². The Morgan fingerprint density at radius 3 is 2.75 bits per heavy atom. The van der Waals surface area contributed by atoms with Gasteiger partial charge in [-0.05, 0) is 24.6 Å². The number of carbonyl (C=O) groups excluding carboxylic acids is 1. The van der Waals surface area contributed by atoms with Gasteiger partial charge in [-0.25, -0.2) is 9.59 Å². The highest BCUT2D eigenvalue weighted by atomic mass is 32.1. The van der Waals surface area contributed by atoms with E-state index in [0.717, 1.165) is 11.4 Å². The van der Waals surface area contributed by atoms with Gasteiger partial charge < -0.3 is 10.4 Å². The average Bonchev–Trinajstić information content (AvgIpc) is 2.86. The van der Waals surface area contributed by atoms with E-state index < -0.39 is 12.0 Å². The van der Waals surface area contributed by atoms with Gasteiger partial charge >= 0.3 is 12.0 Å². The smallest absolute Gasteiger partial charge is 0.335 e. The predicted octanol–water partition coefficient (Wildman–Crippen LogP) is 2.44. The molecule has 1 aromatic heterocycles. The van der Waals surface area contributed by atoms with Gasteiger partial charge in [0.15, 0.2) is 0 Å². The minimum atomic E-state index is -1.05. The van der Waals surface area contributed by atoms with Crippen molar-refractivity contribution < 1.29 is 14.7 Å². The van der Waals surface area contributed by atoms with E-state index in [4.69, 9.17) is 5.11 Å². The van der Waals surface area contributed by atoms with Crippen LogP contribution in [0.1, 0.15) is 22.3 Å². The molecule has 0 aliphatic rings. The molecule has 0 aliphatic carbocycles. The van der Waals surface area contributed by atoms with Crippen LogP contribution >= 0.6 is 11.3 Å². The Morgan fingerprint density at radius 2 is 2.10 bits per heavy atom. The van der Waals surface area contributed by atoms with Crippen molar-refractivity contribution in [3.8, 4) is 0 Å². The number of nitrogens with one attached hydrogen (secondary N) is 2. The molecule has 8 heteroatoms. The molecule has 1 heterocycles. The molecule has 2 rings (SSSR count). The summed E-state index contributed by atoms with van der Waals surface area (Å²) in [5.74, 6) is -1.05. The predicted molar refractivity (Wildman–Crippen MR) is 75.3 cm³/mol. The van der Waals surface area contributed by atoms with Crippen LogP contribution in [0.15, 0.2) is 24.3 Å². The normalized spacial score (nSPS) is 10.1. The zero-order valence-electron chi connectivity index (χ0n) is 10.6. The van der Waals surface area contributed by atoms with Crippen molar-refractivity contribution in [3.63, 3.8) is 0 Å². The van der Waals surface area contributed by atoms with Crippen molar-refractivity contribution >= 4 is 34.2 Å². The number of aromatic nitrogens is 2. The lowest BCUT2D eigenvalue weighted by atomic mass is 10.2. The molecule has 7 nitrogen and oxygen atoms in total. The molecule has 0 fully saturated rings. The van der Waals surface area contributed by atoms with E-state index in [9.17, 15) is 9.59 Å². The van der Waals surface area contributed by atoms with Crippen molar-refractivity contribution in [3.05, 3.63) is 34.8 Å². The second kappa shape index (κ2) is 6.11. The molecule has 2 aromatic rings. The van der Waals surface area contributed by atoms with E-state index in [1.54, 1.807) is 12.1 Å². The number of aromatic carboxylic acids is 1. The quantitative estimate of drug-likeness (QED) is 0.802. The van der Waals surface area contributed by atoms with Crippen LogP contribution in [0, 0.1) is 0 Å². The van der Waals surface area contributed by atoms with Crippen LogP contribution in [-0.4, -0.2) is 27.3 Å².